The molecule has 0 aliphatic rings. The second kappa shape index (κ2) is 10.7. The van der Waals surface area contributed by atoms with Crippen LogP contribution in [0, 0.1) is 11.3 Å². The Morgan fingerprint density at radius 3 is 2.36 bits per heavy atom. The third-order valence-corrected chi connectivity index (χ3v) is 4.01. The van der Waals surface area contributed by atoms with Crippen molar-refractivity contribution in [1.82, 2.24) is 4.90 Å². The zero-order valence-electron chi connectivity index (χ0n) is 16.1. The van der Waals surface area contributed by atoms with Crippen molar-refractivity contribution in [2.75, 3.05) is 44.0 Å². The summed E-state index contributed by atoms with van der Waals surface area (Å²) in [5, 5.41) is 11.6. The van der Waals surface area contributed by atoms with Crippen LogP contribution in [0.5, 0.6) is 5.75 Å². The first-order chi connectivity index (χ1) is 13.5. The number of methoxy groups -OCH3 is 1. The van der Waals surface area contributed by atoms with E-state index in [1.807, 2.05) is 30.3 Å². The SMILES string of the molecule is COc1ccc(NC(=O)CN(C)CC(=O)N(CCC#N)c2ccccc2)cc1. The largest absolute Gasteiger partial charge is 0.497 e. The van der Waals surface area contributed by atoms with Crippen LogP contribution in [0.2, 0.25) is 0 Å². The number of likely N-dealkylation sites (N-methyl/N-ethyl adjacent to an activating group) is 1. The van der Waals surface area contributed by atoms with E-state index in [2.05, 4.69) is 11.4 Å². The molecule has 1 N–H and O–H groups in total. The number of rotatable bonds is 9. The van der Waals surface area contributed by atoms with Crippen LogP contribution in [0.3, 0.4) is 0 Å². The normalized spacial score (nSPS) is 10.2. The average Bonchev–Trinajstić information content (AvgIpc) is 2.69. The number of amides is 2. The lowest BCUT2D eigenvalue weighted by molar-refractivity contribution is -0.121. The number of anilines is 2. The lowest BCUT2D eigenvalue weighted by Gasteiger charge is -2.24. The van der Waals surface area contributed by atoms with Gasteiger partial charge in [0.1, 0.15) is 5.75 Å². The van der Waals surface area contributed by atoms with Crippen molar-refractivity contribution < 1.29 is 14.3 Å². The number of hydrogen-bond donors (Lipinski definition) is 1. The molecule has 0 aliphatic carbocycles. The number of nitriles is 1. The Morgan fingerprint density at radius 2 is 1.75 bits per heavy atom. The summed E-state index contributed by atoms with van der Waals surface area (Å²) in [5.74, 6) is 0.323. The molecule has 0 saturated carbocycles. The quantitative estimate of drug-likeness (QED) is 0.722. The maximum absolute atomic E-state index is 12.7. The van der Waals surface area contributed by atoms with E-state index in [4.69, 9.17) is 10.00 Å². The van der Waals surface area contributed by atoms with E-state index in [-0.39, 0.29) is 31.3 Å². The van der Waals surface area contributed by atoms with Gasteiger partial charge in [-0.2, -0.15) is 5.26 Å². The van der Waals surface area contributed by atoms with Gasteiger partial charge >= 0.3 is 0 Å². The molecule has 2 aromatic rings. The lowest BCUT2D eigenvalue weighted by atomic mass is 10.2. The number of nitrogens with zero attached hydrogens (tertiary/aromatic N) is 3. The summed E-state index contributed by atoms with van der Waals surface area (Å²) in [6.07, 6.45) is 0.238. The maximum atomic E-state index is 12.7. The van der Waals surface area contributed by atoms with Crippen LogP contribution >= 0.6 is 0 Å². The molecule has 0 spiro atoms. The molecule has 0 atom stereocenters. The Bertz CT molecular complexity index is 816. The third-order valence-electron chi connectivity index (χ3n) is 4.01. The Hall–Kier alpha value is -3.37. The Kier molecular flexibility index (Phi) is 8.00. The smallest absolute Gasteiger partial charge is 0.241 e. The number of nitrogens with one attached hydrogen (secondary N) is 1. The third kappa shape index (κ3) is 6.41. The fourth-order valence-electron chi connectivity index (χ4n) is 2.66. The first-order valence-corrected chi connectivity index (χ1v) is 8.88. The van der Waals surface area contributed by atoms with Crippen molar-refractivity contribution in [3.63, 3.8) is 0 Å². The van der Waals surface area contributed by atoms with E-state index in [1.54, 1.807) is 48.2 Å². The summed E-state index contributed by atoms with van der Waals surface area (Å²) < 4.78 is 5.09. The molecule has 0 unspecified atom stereocenters. The minimum Gasteiger partial charge on any atom is -0.497 e. The highest BCUT2D eigenvalue weighted by Crippen LogP contribution is 2.16. The van der Waals surface area contributed by atoms with E-state index < -0.39 is 0 Å². The van der Waals surface area contributed by atoms with Crippen LogP contribution in [0.4, 0.5) is 11.4 Å². The standard InChI is InChI=1S/C21H24N4O3/c1-24(15-20(26)23-17-9-11-19(28-2)12-10-17)16-21(27)25(14-6-13-22)18-7-4-3-5-8-18/h3-5,7-12H,6,14-16H2,1-2H3,(H,23,26). The van der Waals surface area contributed by atoms with Crippen molar-refractivity contribution in [1.29, 1.82) is 5.26 Å². The molecule has 28 heavy (non-hydrogen) atoms. The predicted molar refractivity (Wildman–Crippen MR) is 108 cm³/mol. The summed E-state index contributed by atoms with van der Waals surface area (Å²) >= 11 is 0. The first kappa shape index (κ1) is 20.9. The van der Waals surface area contributed by atoms with Gasteiger partial charge in [-0.05, 0) is 43.4 Å². The zero-order chi connectivity index (χ0) is 20.4. The summed E-state index contributed by atoms with van der Waals surface area (Å²) in [5.41, 5.74) is 1.39. The number of carbonyl (C=O) groups excluding carboxylic acids is 2. The molecule has 0 radical (unpaired) electrons. The molecule has 0 heterocycles. The molecular formula is C21H24N4O3. The number of para-hydroxylation sites is 1. The lowest BCUT2D eigenvalue weighted by Crippen LogP contribution is -2.42. The number of ether oxygens (including phenoxy) is 1. The van der Waals surface area contributed by atoms with Gasteiger partial charge in [-0.1, -0.05) is 18.2 Å². The van der Waals surface area contributed by atoms with E-state index >= 15 is 0 Å². The molecule has 0 saturated heterocycles. The van der Waals surface area contributed by atoms with Gasteiger partial charge in [0.25, 0.3) is 0 Å². The zero-order valence-corrected chi connectivity index (χ0v) is 16.1. The highest BCUT2D eigenvalue weighted by atomic mass is 16.5. The predicted octanol–water partition coefficient (Wildman–Crippen LogP) is 2.51. The highest BCUT2D eigenvalue weighted by molar-refractivity contribution is 5.96. The molecule has 2 aromatic carbocycles. The van der Waals surface area contributed by atoms with E-state index in [1.165, 1.54) is 0 Å². The second-order valence-electron chi connectivity index (χ2n) is 6.24. The van der Waals surface area contributed by atoms with E-state index in [0.717, 1.165) is 5.69 Å². The number of carbonyl (C=O) groups is 2. The Morgan fingerprint density at radius 1 is 1.07 bits per heavy atom. The van der Waals surface area contributed by atoms with Gasteiger partial charge in [0.15, 0.2) is 0 Å². The van der Waals surface area contributed by atoms with Crippen LogP contribution in [0.25, 0.3) is 0 Å². The van der Waals surface area contributed by atoms with E-state index in [0.29, 0.717) is 18.0 Å². The monoisotopic (exact) mass is 380 g/mol. The van der Waals surface area contributed by atoms with Gasteiger partial charge in [0.05, 0.1) is 32.7 Å². The Labute approximate surface area is 165 Å². The van der Waals surface area contributed by atoms with Crippen LogP contribution < -0.4 is 15.0 Å². The van der Waals surface area contributed by atoms with Gasteiger partial charge in [0.2, 0.25) is 11.8 Å². The van der Waals surface area contributed by atoms with Gasteiger partial charge in [-0.3, -0.25) is 14.5 Å². The molecule has 7 nitrogen and oxygen atoms in total. The number of benzene rings is 2. The van der Waals surface area contributed by atoms with Crippen molar-refractivity contribution >= 4 is 23.2 Å². The average molecular weight is 380 g/mol. The van der Waals surface area contributed by atoms with Crippen LogP contribution in [0.15, 0.2) is 54.6 Å². The van der Waals surface area contributed by atoms with Gasteiger partial charge in [-0.15, -0.1) is 0 Å². The minimum absolute atomic E-state index is 0.0658. The molecule has 7 heteroatoms. The van der Waals surface area contributed by atoms with Crippen molar-refractivity contribution in [2.45, 2.75) is 6.42 Å². The van der Waals surface area contributed by atoms with Crippen LogP contribution in [0.1, 0.15) is 6.42 Å². The molecule has 0 fully saturated rings. The molecule has 146 valence electrons. The highest BCUT2D eigenvalue weighted by Gasteiger charge is 2.18. The maximum Gasteiger partial charge on any atom is 0.241 e. The van der Waals surface area contributed by atoms with Gasteiger partial charge in [0, 0.05) is 17.9 Å². The van der Waals surface area contributed by atoms with Crippen molar-refractivity contribution in [3.8, 4) is 11.8 Å². The molecule has 0 aromatic heterocycles. The van der Waals surface area contributed by atoms with Crippen LogP contribution in [-0.2, 0) is 9.59 Å². The van der Waals surface area contributed by atoms with Crippen molar-refractivity contribution in [3.05, 3.63) is 54.6 Å². The summed E-state index contributed by atoms with van der Waals surface area (Å²) in [4.78, 5) is 28.1. The first-order valence-electron chi connectivity index (χ1n) is 8.88. The van der Waals surface area contributed by atoms with Gasteiger partial charge < -0.3 is 15.0 Å². The summed E-state index contributed by atoms with van der Waals surface area (Å²) in [6, 6.07) is 18.3. The summed E-state index contributed by atoms with van der Waals surface area (Å²) in [7, 11) is 3.29. The topological polar surface area (TPSA) is 85.7 Å². The fraction of sp³-hybridized carbons (Fsp3) is 0.286. The second-order valence-corrected chi connectivity index (χ2v) is 6.24. The molecule has 0 bridgehead atoms. The molecule has 2 rings (SSSR count). The minimum atomic E-state index is -0.219. The molecule has 2 amide bonds. The molecule has 0 aliphatic heterocycles. The van der Waals surface area contributed by atoms with Gasteiger partial charge in [-0.25, -0.2) is 0 Å². The number of hydrogen-bond acceptors (Lipinski definition) is 5. The molecular weight excluding hydrogens is 356 g/mol. The fourth-order valence-corrected chi connectivity index (χ4v) is 2.66. The van der Waals surface area contributed by atoms with E-state index in [9.17, 15) is 9.59 Å². The van der Waals surface area contributed by atoms with Crippen LogP contribution in [-0.4, -0.2) is 50.5 Å². The summed E-state index contributed by atoms with van der Waals surface area (Å²) in [6.45, 7) is 0.445. The van der Waals surface area contributed by atoms with Crippen molar-refractivity contribution in [2.24, 2.45) is 0 Å². The Balaban J connectivity index is 1.91.